The topological polar surface area (TPSA) is 214 Å². The molecule has 4 aliphatic rings. The van der Waals surface area contributed by atoms with E-state index in [2.05, 4.69) is 74.9 Å². The second kappa shape index (κ2) is 32.3. The molecule has 6 atom stereocenters. The largest absolute Gasteiger partial charge is 0.370 e. The van der Waals surface area contributed by atoms with Crippen molar-refractivity contribution < 1.29 is 24.0 Å². The summed E-state index contributed by atoms with van der Waals surface area (Å²) in [5.74, 6) is 1.97. The number of nitrogens with two attached hydrogens (primary N) is 1. The van der Waals surface area contributed by atoms with Gasteiger partial charge >= 0.3 is 0 Å². The molecule has 2 aliphatic heterocycles. The van der Waals surface area contributed by atoms with E-state index in [1.54, 1.807) is 18.2 Å². The Balaban J connectivity index is 0.000000223. The minimum Gasteiger partial charge on any atom is -0.370 e. The van der Waals surface area contributed by atoms with Crippen LogP contribution in [0, 0.1) is 29.1 Å². The van der Waals surface area contributed by atoms with Gasteiger partial charge in [-0.2, -0.15) is 0 Å². The van der Waals surface area contributed by atoms with Crippen molar-refractivity contribution in [2.24, 2.45) is 29.4 Å². The summed E-state index contributed by atoms with van der Waals surface area (Å²) in [6, 6.07) is 40.8. The lowest BCUT2D eigenvalue weighted by Gasteiger charge is -2.35. The fraction of sp³-hybridized carbons (Fsp3) is 0.471. The highest BCUT2D eigenvalue weighted by molar-refractivity contribution is 6.30. The summed E-state index contributed by atoms with van der Waals surface area (Å²) in [5.41, 5.74) is 9.26. The Morgan fingerprint density at radius 3 is 1.92 bits per heavy atom. The molecule has 16 heteroatoms. The third kappa shape index (κ3) is 19.5. The van der Waals surface area contributed by atoms with Crippen molar-refractivity contribution >= 4 is 63.9 Å². The summed E-state index contributed by atoms with van der Waals surface area (Å²) in [7, 11) is 0. The molecule has 5 amide bonds. The monoisotopic (exact) mass is 1160 g/mol. The highest BCUT2D eigenvalue weighted by Gasteiger charge is 2.35. The zero-order valence-corrected chi connectivity index (χ0v) is 50.0. The molecule has 2 saturated heterocycles. The number of amides is 5. The van der Waals surface area contributed by atoms with E-state index in [4.69, 9.17) is 22.7 Å². The molecular weight excluding hydrogens is 1070 g/mol. The quantitative estimate of drug-likeness (QED) is 0.0152. The Morgan fingerprint density at radius 2 is 1.26 bits per heavy atom. The molecule has 2 unspecified atom stereocenters. The van der Waals surface area contributed by atoms with Crippen molar-refractivity contribution in [2.75, 3.05) is 52.4 Å². The Labute approximate surface area is 502 Å². The van der Waals surface area contributed by atoms with Crippen LogP contribution in [-0.2, 0) is 19.2 Å². The molecule has 84 heavy (non-hydrogen) atoms. The maximum atomic E-state index is 14.1. The van der Waals surface area contributed by atoms with Gasteiger partial charge in [0.1, 0.15) is 0 Å². The number of carbonyl (C=O) groups is 5. The number of nitrogens with zero attached hydrogens (tertiary/aromatic N) is 2. The molecule has 448 valence electrons. The summed E-state index contributed by atoms with van der Waals surface area (Å²) in [6.07, 6.45) is 15.5. The summed E-state index contributed by atoms with van der Waals surface area (Å²) >= 11 is 5.97. The first-order valence-electron chi connectivity index (χ1n) is 30.8. The lowest BCUT2D eigenvalue weighted by Crippen LogP contribution is -2.50. The van der Waals surface area contributed by atoms with Gasteiger partial charge in [0, 0.05) is 92.9 Å². The number of guanidine groups is 1. The number of hydrogen-bond donors (Lipinski definition) is 8. The number of rotatable bonds is 21. The van der Waals surface area contributed by atoms with Gasteiger partial charge in [0.15, 0.2) is 5.96 Å². The van der Waals surface area contributed by atoms with E-state index in [0.29, 0.717) is 93.4 Å². The zero-order valence-electron chi connectivity index (χ0n) is 49.2. The molecule has 2 saturated carbocycles. The standard InChI is InChI=1S/C38H45ClN4O3.C30H44N6O2/c39-32-19-16-28(17-20-32)18-21-36(44)41-26-33-23-25-43(27-34(29-10-4-1-5-11-29)30-12-6-2-7-13-30)38(46)35(42-33)22-24-40-37(45)31-14-8-3-9-15-31;1-20-14-21(2)16-22(15-20)19-36-13-11-26(35-27(29(36)38)8-5-12-33-30(31)32)18-34-28(37)25-10-9-23-6-3-4-7-24(23)17-25/h1-2,4-7,10-13,16-21,31,33-35,42H,3,8-9,14-15,22-27H2,(H,40,45)(H,41,44);3-4,6-7,9-10,17,20-22,26-27,35H,5,8,11-16,18-19H2,1-2H3,(H,34,37)(H4,31,32,33)/b21-18+;/t33-,35-;20?,21?,22?,26-,27-/m00/s1. The highest BCUT2D eigenvalue weighted by Crippen LogP contribution is 2.34. The predicted molar refractivity (Wildman–Crippen MR) is 337 cm³/mol. The van der Waals surface area contributed by atoms with Crippen LogP contribution in [0.3, 0.4) is 0 Å². The SMILES string of the molecule is CC1CC(C)CC(CN2CC[C@@H](CNC(=O)c3ccc4ccccc4c3)N[C@@H](CCCNC(=N)N)C2=O)C1.O=C(/C=C/c1ccc(Cl)cc1)NC[C@@H]1CCN(CC(c2ccccc2)c2ccccc2)C(=O)[C@H](CCNC(=O)C2CCCCC2)N1. The first-order valence-corrected chi connectivity index (χ1v) is 31.2. The zero-order chi connectivity index (χ0) is 59.2. The van der Waals surface area contributed by atoms with E-state index in [-0.39, 0.29) is 65.5 Å². The number of carbonyl (C=O) groups excluding carboxylic acids is 5. The van der Waals surface area contributed by atoms with E-state index in [9.17, 15) is 24.0 Å². The summed E-state index contributed by atoms with van der Waals surface area (Å²) in [4.78, 5) is 70.3. The van der Waals surface area contributed by atoms with Gasteiger partial charge in [-0.1, -0.05) is 148 Å². The molecule has 9 rings (SSSR count). The van der Waals surface area contributed by atoms with Crippen molar-refractivity contribution in [3.05, 3.63) is 161 Å². The van der Waals surface area contributed by atoms with Crippen LogP contribution < -0.4 is 37.6 Å². The van der Waals surface area contributed by atoms with Crippen LogP contribution in [0.15, 0.2) is 133 Å². The van der Waals surface area contributed by atoms with Crippen LogP contribution in [0.1, 0.15) is 130 Å². The van der Waals surface area contributed by atoms with Crippen LogP contribution in [0.5, 0.6) is 0 Å². The third-order valence-electron chi connectivity index (χ3n) is 17.2. The lowest BCUT2D eigenvalue weighted by molar-refractivity contribution is -0.134. The highest BCUT2D eigenvalue weighted by atomic mass is 35.5. The lowest BCUT2D eigenvalue weighted by atomic mass is 9.76. The van der Waals surface area contributed by atoms with Gasteiger partial charge in [-0.05, 0) is 140 Å². The first-order chi connectivity index (χ1) is 40.7. The molecular formula is C68H89ClN10O5. The molecule has 5 aromatic rings. The maximum Gasteiger partial charge on any atom is 0.251 e. The second-order valence-corrected chi connectivity index (χ2v) is 24.4. The fourth-order valence-corrected chi connectivity index (χ4v) is 13.0. The molecule has 15 nitrogen and oxygen atoms in total. The minimum absolute atomic E-state index is 0.00308. The van der Waals surface area contributed by atoms with Crippen LogP contribution in [0.2, 0.25) is 5.02 Å². The summed E-state index contributed by atoms with van der Waals surface area (Å²) in [6.45, 7) is 9.11. The van der Waals surface area contributed by atoms with E-state index in [1.165, 1.54) is 31.8 Å². The molecule has 4 fully saturated rings. The van der Waals surface area contributed by atoms with E-state index in [0.717, 1.165) is 72.5 Å². The Bertz CT molecular complexity index is 2910. The summed E-state index contributed by atoms with van der Waals surface area (Å²) < 4.78 is 0. The van der Waals surface area contributed by atoms with Crippen molar-refractivity contribution in [2.45, 2.75) is 127 Å². The van der Waals surface area contributed by atoms with E-state index >= 15 is 0 Å². The first kappa shape index (κ1) is 63.0. The Morgan fingerprint density at radius 1 is 0.667 bits per heavy atom. The molecule has 0 spiro atoms. The number of halogens is 1. The average Bonchev–Trinajstić information content (AvgIpc) is 3.92. The maximum absolute atomic E-state index is 14.1. The van der Waals surface area contributed by atoms with Gasteiger partial charge in [0.05, 0.1) is 12.1 Å². The average molecular weight is 1160 g/mol. The van der Waals surface area contributed by atoms with Crippen LogP contribution >= 0.6 is 11.6 Å². The normalized spacial score (nSPS) is 22.4. The van der Waals surface area contributed by atoms with Gasteiger partial charge < -0.3 is 47.4 Å². The predicted octanol–water partition coefficient (Wildman–Crippen LogP) is 9.41. The van der Waals surface area contributed by atoms with Crippen LogP contribution in [0.25, 0.3) is 16.8 Å². The van der Waals surface area contributed by atoms with E-state index in [1.807, 2.05) is 95.9 Å². The van der Waals surface area contributed by atoms with Gasteiger partial charge in [-0.15, -0.1) is 0 Å². The van der Waals surface area contributed by atoms with Gasteiger partial charge in [0.2, 0.25) is 23.6 Å². The van der Waals surface area contributed by atoms with Crippen molar-refractivity contribution in [3.8, 4) is 0 Å². The number of benzene rings is 5. The molecule has 9 N–H and O–H groups in total. The van der Waals surface area contributed by atoms with Crippen LogP contribution in [-0.4, -0.2) is 122 Å². The van der Waals surface area contributed by atoms with Gasteiger partial charge in [-0.3, -0.25) is 29.4 Å². The number of fused-ring (bicyclic) bond motifs is 1. The molecule has 0 radical (unpaired) electrons. The minimum atomic E-state index is -0.479. The van der Waals surface area contributed by atoms with Crippen molar-refractivity contribution in [1.29, 1.82) is 5.41 Å². The number of hydrogen-bond acceptors (Lipinski definition) is 8. The molecule has 0 bridgehead atoms. The molecule has 0 aromatic heterocycles. The van der Waals surface area contributed by atoms with E-state index < -0.39 is 6.04 Å². The summed E-state index contributed by atoms with van der Waals surface area (Å²) in [5, 5.41) is 29.3. The van der Waals surface area contributed by atoms with Crippen LogP contribution in [0.4, 0.5) is 0 Å². The third-order valence-corrected chi connectivity index (χ3v) is 17.4. The smallest absolute Gasteiger partial charge is 0.251 e. The molecule has 2 heterocycles. The van der Waals surface area contributed by atoms with Gasteiger partial charge in [-0.25, -0.2) is 0 Å². The molecule has 5 aromatic carbocycles. The molecule has 2 aliphatic carbocycles. The Hall–Kier alpha value is -7.07. The fourth-order valence-electron chi connectivity index (χ4n) is 12.9. The second-order valence-electron chi connectivity index (χ2n) is 23.9. The Kier molecular flexibility index (Phi) is 24.2. The van der Waals surface area contributed by atoms with Crippen molar-refractivity contribution in [3.63, 3.8) is 0 Å². The van der Waals surface area contributed by atoms with Crippen molar-refractivity contribution in [1.82, 2.24) is 41.7 Å². The van der Waals surface area contributed by atoms with Gasteiger partial charge in [0.25, 0.3) is 5.91 Å². The number of nitrogens with one attached hydrogen (secondary N) is 7.